The van der Waals surface area contributed by atoms with Crippen molar-refractivity contribution in [2.24, 2.45) is 0 Å². The summed E-state index contributed by atoms with van der Waals surface area (Å²) in [6, 6.07) is 9.08. The highest BCUT2D eigenvalue weighted by Gasteiger charge is 2.09. The van der Waals surface area contributed by atoms with Gasteiger partial charge in [0.05, 0.1) is 0 Å². The molecule has 0 saturated carbocycles. The third-order valence-electron chi connectivity index (χ3n) is 2.52. The molecule has 0 aliphatic rings. The van der Waals surface area contributed by atoms with E-state index in [2.05, 4.69) is 50.4 Å². The van der Waals surface area contributed by atoms with E-state index in [1.54, 1.807) is 0 Å². The van der Waals surface area contributed by atoms with Crippen molar-refractivity contribution in [2.75, 3.05) is 7.05 Å². The Labute approximate surface area is 81.2 Å². The standard InChI is InChI=1S/C12H19N/c1-9(2)11-7-5-6-8-12(11)10(3)13-4/h5-10,13H,1-4H3. The van der Waals surface area contributed by atoms with Gasteiger partial charge >= 0.3 is 0 Å². The van der Waals surface area contributed by atoms with Crippen molar-refractivity contribution in [3.63, 3.8) is 0 Å². The van der Waals surface area contributed by atoms with Crippen LogP contribution in [0.5, 0.6) is 0 Å². The minimum absolute atomic E-state index is 0.443. The third-order valence-corrected chi connectivity index (χ3v) is 2.52. The van der Waals surface area contributed by atoms with Crippen molar-refractivity contribution in [3.05, 3.63) is 35.4 Å². The van der Waals surface area contributed by atoms with Crippen molar-refractivity contribution >= 4 is 0 Å². The van der Waals surface area contributed by atoms with Gasteiger partial charge in [-0.05, 0) is 31.0 Å². The van der Waals surface area contributed by atoms with Crippen molar-refractivity contribution < 1.29 is 0 Å². The average Bonchev–Trinajstić information content (AvgIpc) is 2.16. The molecule has 0 saturated heterocycles. The molecule has 0 bridgehead atoms. The molecule has 1 unspecified atom stereocenters. The van der Waals surface area contributed by atoms with Crippen molar-refractivity contribution in [1.29, 1.82) is 0 Å². The molecule has 13 heavy (non-hydrogen) atoms. The Hall–Kier alpha value is -0.820. The lowest BCUT2D eigenvalue weighted by molar-refractivity contribution is 0.638. The van der Waals surface area contributed by atoms with Crippen molar-refractivity contribution in [3.8, 4) is 0 Å². The fraction of sp³-hybridized carbons (Fsp3) is 0.500. The van der Waals surface area contributed by atoms with E-state index >= 15 is 0 Å². The molecule has 1 heteroatoms. The van der Waals surface area contributed by atoms with Crippen LogP contribution in [0.15, 0.2) is 24.3 Å². The largest absolute Gasteiger partial charge is 0.313 e. The summed E-state index contributed by atoms with van der Waals surface area (Å²) in [6.45, 7) is 6.67. The second-order valence-electron chi connectivity index (χ2n) is 3.79. The molecule has 0 spiro atoms. The first kappa shape index (κ1) is 10.3. The molecule has 1 aromatic carbocycles. The van der Waals surface area contributed by atoms with Gasteiger partial charge in [0.1, 0.15) is 0 Å². The lowest BCUT2D eigenvalue weighted by Crippen LogP contribution is -2.14. The molecule has 1 rings (SSSR count). The van der Waals surface area contributed by atoms with Crippen LogP contribution in [0.3, 0.4) is 0 Å². The number of rotatable bonds is 3. The molecule has 1 aromatic rings. The van der Waals surface area contributed by atoms with Crippen LogP contribution in [0.1, 0.15) is 43.9 Å². The summed E-state index contributed by atoms with van der Waals surface area (Å²) < 4.78 is 0. The smallest absolute Gasteiger partial charge is 0.0291 e. The Bertz CT molecular complexity index is 266. The SMILES string of the molecule is CNC(C)c1ccccc1C(C)C. The second kappa shape index (κ2) is 4.43. The van der Waals surface area contributed by atoms with Gasteiger partial charge in [0.25, 0.3) is 0 Å². The van der Waals surface area contributed by atoms with Gasteiger partial charge in [0, 0.05) is 6.04 Å². The van der Waals surface area contributed by atoms with Crippen LogP contribution in [-0.4, -0.2) is 7.05 Å². The zero-order valence-electron chi connectivity index (χ0n) is 8.96. The zero-order chi connectivity index (χ0) is 9.84. The van der Waals surface area contributed by atoms with Gasteiger partial charge in [0.15, 0.2) is 0 Å². The Morgan fingerprint density at radius 2 is 1.54 bits per heavy atom. The highest BCUT2D eigenvalue weighted by molar-refractivity contribution is 5.31. The van der Waals surface area contributed by atoms with Gasteiger partial charge in [-0.3, -0.25) is 0 Å². The quantitative estimate of drug-likeness (QED) is 0.748. The molecular weight excluding hydrogens is 158 g/mol. The maximum Gasteiger partial charge on any atom is 0.0291 e. The van der Waals surface area contributed by atoms with Crippen LogP contribution in [-0.2, 0) is 0 Å². The molecule has 0 fully saturated rings. The van der Waals surface area contributed by atoms with E-state index < -0.39 is 0 Å². The van der Waals surface area contributed by atoms with Crippen molar-refractivity contribution in [1.82, 2.24) is 5.32 Å². The monoisotopic (exact) mass is 177 g/mol. The van der Waals surface area contributed by atoms with Gasteiger partial charge in [-0.1, -0.05) is 38.1 Å². The fourth-order valence-electron chi connectivity index (χ4n) is 1.59. The summed E-state index contributed by atoms with van der Waals surface area (Å²) in [5, 5.41) is 3.28. The highest BCUT2D eigenvalue weighted by Crippen LogP contribution is 2.23. The van der Waals surface area contributed by atoms with Crippen LogP contribution in [0.25, 0.3) is 0 Å². The number of nitrogens with one attached hydrogen (secondary N) is 1. The molecule has 1 atom stereocenters. The van der Waals surface area contributed by atoms with E-state index in [0.29, 0.717) is 12.0 Å². The summed E-state index contributed by atoms with van der Waals surface area (Å²) in [7, 11) is 2.00. The summed E-state index contributed by atoms with van der Waals surface area (Å²) >= 11 is 0. The first-order chi connectivity index (χ1) is 6.16. The zero-order valence-corrected chi connectivity index (χ0v) is 8.96. The lowest BCUT2D eigenvalue weighted by Gasteiger charge is -2.17. The molecule has 1 nitrogen and oxygen atoms in total. The molecule has 0 aliphatic heterocycles. The Kier molecular flexibility index (Phi) is 3.49. The minimum atomic E-state index is 0.443. The average molecular weight is 177 g/mol. The maximum atomic E-state index is 3.28. The summed E-state index contributed by atoms with van der Waals surface area (Å²) in [6.07, 6.45) is 0. The number of benzene rings is 1. The first-order valence-corrected chi connectivity index (χ1v) is 4.93. The molecule has 72 valence electrons. The van der Waals surface area contributed by atoms with Crippen LogP contribution in [0.2, 0.25) is 0 Å². The van der Waals surface area contributed by atoms with Crippen LogP contribution >= 0.6 is 0 Å². The van der Waals surface area contributed by atoms with E-state index in [4.69, 9.17) is 0 Å². The Morgan fingerprint density at radius 3 is 2.00 bits per heavy atom. The fourth-order valence-corrected chi connectivity index (χ4v) is 1.59. The van der Waals surface area contributed by atoms with Gasteiger partial charge in [-0.2, -0.15) is 0 Å². The van der Waals surface area contributed by atoms with E-state index in [0.717, 1.165) is 0 Å². The van der Waals surface area contributed by atoms with Gasteiger partial charge in [0.2, 0.25) is 0 Å². The summed E-state index contributed by atoms with van der Waals surface area (Å²) in [4.78, 5) is 0. The molecule has 1 N–H and O–H groups in total. The molecule has 0 heterocycles. The summed E-state index contributed by atoms with van der Waals surface area (Å²) in [5.41, 5.74) is 2.87. The second-order valence-corrected chi connectivity index (χ2v) is 3.79. The van der Waals surface area contributed by atoms with E-state index in [-0.39, 0.29) is 0 Å². The Morgan fingerprint density at radius 1 is 1.00 bits per heavy atom. The maximum absolute atomic E-state index is 3.28. The topological polar surface area (TPSA) is 12.0 Å². The molecule has 0 radical (unpaired) electrons. The molecular formula is C12H19N. The highest BCUT2D eigenvalue weighted by atomic mass is 14.9. The number of hydrogen-bond acceptors (Lipinski definition) is 1. The normalized spacial score (nSPS) is 13.3. The van der Waals surface area contributed by atoms with E-state index in [9.17, 15) is 0 Å². The van der Waals surface area contributed by atoms with Gasteiger partial charge in [-0.15, -0.1) is 0 Å². The Balaban J connectivity index is 3.04. The molecule has 0 aromatic heterocycles. The minimum Gasteiger partial charge on any atom is -0.313 e. The van der Waals surface area contributed by atoms with E-state index in [1.165, 1.54) is 11.1 Å². The van der Waals surface area contributed by atoms with Gasteiger partial charge < -0.3 is 5.32 Å². The van der Waals surface area contributed by atoms with Crippen LogP contribution in [0, 0.1) is 0 Å². The predicted molar refractivity (Wildman–Crippen MR) is 58.0 cm³/mol. The van der Waals surface area contributed by atoms with E-state index in [1.807, 2.05) is 7.05 Å². The number of hydrogen-bond donors (Lipinski definition) is 1. The van der Waals surface area contributed by atoms with Crippen LogP contribution < -0.4 is 5.32 Å². The van der Waals surface area contributed by atoms with Gasteiger partial charge in [-0.25, -0.2) is 0 Å². The first-order valence-electron chi connectivity index (χ1n) is 4.93. The predicted octanol–water partition coefficient (Wildman–Crippen LogP) is 3.09. The summed E-state index contributed by atoms with van der Waals surface area (Å²) in [5.74, 6) is 0.604. The van der Waals surface area contributed by atoms with Crippen LogP contribution in [0.4, 0.5) is 0 Å². The third kappa shape index (κ3) is 2.31. The molecule has 0 aliphatic carbocycles. The lowest BCUT2D eigenvalue weighted by atomic mass is 9.93. The van der Waals surface area contributed by atoms with Crippen molar-refractivity contribution in [2.45, 2.75) is 32.7 Å². The molecule has 0 amide bonds.